The van der Waals surface area contributed by atoms with Gasteiger partial charge < -0.3 is 5.32 Å². The number of sulfone groups is 1. The number of sulfonamides is 1. The molecule has 0 saturated carbocycles. The van der Waals surface area contributed by atoms with E-state index in [2.05, 4.69) is 5.32 Å². The molecule has 0 aromatic carbocycles. The first kappa shape index (κ1) is 17.9. The molecule has 1 aliphatic heterocycles. The summed E-state index contributed by atoms with van der Waals surface area (Å²) >= 11 is 0.742. The Bertz CT molecular complexity index is 696. The minimum atomic E-state index is -3.88. The van der Waals surface area contributed by atoms with E-state index >= 15 is 0 Å². The van der Waals surface area contributed by atoms with Crippen molar-refractivity contribution in [3.8, 4) is 0 Å². The van der Waals surface area contributed by atoms with Gasteiger partial charge in [-0.1, -0.05) is 6.92 Å². The number of nitrogens with two attached hydrogens (primary N) is 1. The molecule has 2 rings (SSSR count). The quantitative estimate of drug-likeness (QED) is 0.837. The Morgan fingerprint density at radius 1 is 1.50 bits per heavy atom. The van der Waals surface area contributed by atoms with Gasteiger partial charge in [-0.15, -0.1) is 23.7 Å². The lowest BCUT2D eigenvalue weighted by molar-refractivity contribution is 0.477. The van der Waals surface area contributed by atoms with Crippen molar-refractivity contribution in [2.45, 2.75) is 40.0 Å². The van der Waals surface area contributed by atoms with Gasteiger partial charge in [0.25, 0.3) is 0 Å². The van der Waals surface area contributed by atoms with Gasteiger partial charge in [0, 0.05) is 11.6 Å². The number of thiophene rings is 1. The fraction of sp³-hybridized carbons (Fsp3) is 0.600. The minimum Gasteiger partial charge on any atom is -0.310 e. The summed E-state index contributed by atoms with van der Waals surface area (Å²) in [5.74, 6) is 0. The van der Waals surface area contributed by atoms with Gasteiger partial charge in [-0.3, -0.25) is 0 Å². The number of halogens is 1. The average molecular weight is 361 g/mol. The van der Waals surface area contributed by atoms with Gasteiger partial charge >= 0.3 is 0 Å². The van der Waals surface area contributed by atoms with E-state index in [9.17, 15) is 16.8 Å². The van der Waals surface area contributed by atoms with Crippen LogP contribution in [0.2, 0.25) is 0 Å². The van der Waals surface area contributed by atoms with Crippen LogP contribution in [0.1, 0.15) is 31.9 Å². The number of hydrogen-bond donors (Lipinski definition) is 2. The van der Waals surface area contributed by atoms with Gasteiger partial charge in [0.1, 0.15) is 8.42 Å². The second-order valence-corrected chi connectivity index (χ2v) is 9.96. The monoisotopic (exact) mass is 360 g/mol. The Hall–Kier alpha value is -0.190. The van der Waals surface area contributed by atoms with E-state index in [0.29, 0.717) is 18.5 Å². The van der Waals surface area contributed by atoms with Crippen molar-refractivity contribution in [1.82, 2.24) is 5.32 Å². The maximum atomic E-state index is 12.2. The SMILES string of the molecule is CCN[C@H]1C[C@@H](C)S(=O)(=O)c2sc(S(N)(=O)=O)cc21.Cl. The van der Waals surface area contributed by atoms with Gasteiger partial charge in [0.2, 0.25) is 10.0 Å². The lowest BCUT2D eigenvalue weighted by Crippen LogP contribution is -2.33. The van der Waals surface area contributed by atoms with Crippen LogP contribution in [0.4, 0.5) is 0 Å². The number of hydrogen-bond acceptors (Lipinski definition) is 6. The predicted octanol–water partition coefficient (Wildman–Crippen LogP) is 1.03. The zero-order valence-corrected chi connectivity index (χ0v) is 14.3. The van der Waals surface area contributed by atoms with Crippen LogP contribution in [-0.4, -0.2) is 28.6 Å². The van der Waals surface area contributed by atoms with Gasteiger partial charge in [0.15, 0.2) is 9.84 Å². The highest BCUT2D eigenvalue weighted by Gasteiger charge is 2.39. The van der Waals surface area contributed by atoms with Gasteiger partial charge in [-0.2, -0.15) is 0 Å². The predicted molar refractivity (Wildman–Crippen MR) is 80.6 cm³/mol. The van der Waals surface area contributed by atoms with Crippen LogP contribution in [0.3, 0.4) is 0 Å². The molecule has 1 aromatic rings. The van der Waals surface area contributed by atoms with Crippen molar-refractivity contribution in [2.24, 2.45) is 5.14 Å². The summed E-state index contributed by atoms with van der Waals surface area (Å²) in [5.41, 5.74) is 0.522. The molecule has 0 unspecified atom stereocenters. The molecule has 0 saturated heterocycles. The summed E-state index contributed by atoms with van der Waals surface area (Å²) < 4.78 is 47.3. The normalized spacial score (nSPS) is 24.8. The highest BCUT2D eigenvalue weighted by atomic mass is 35.5. The molecule has 0 aliphatic carbocycles. The van der Waals surface area contributed by atoms with Crippen molar-refractivity contribution in [2.75, 3.05) is 6.54 Å². The number of primary sulfonamides is 1. The topological polar surface area (TPSA) is 106 Å². The average Bonchev–Trinajstić information content (AvgIpc) is 2.72. The Morgan fingerprint density at radius 3 is 2.60 bits per heavy atom. The van der Waals surface area contributed by atoms with E-state index in [0.717, 1.165) is 11.3 Å². The van der Waals surface area contributed by atoms with Crippen LogP contribution in [-0.2, 0) is 19.9 Å². The fourth-order valence-corrected chi connectivity index (χ4v) is 6.60. The van der Waals surface area contributed by atoms with Crippen LogP contribution in [0.5, 0.6) is 0 Å². The van der Waals surface area contributed by atoms with Crippen molar-refractivity contribution >= 4 is 43.6 Å². The molecule has 0 fully saturated rings. The van der Waals surface area contributed by atoms with E-state index in [1.165, 1.54) is 6.07 Å². The summed E-state index contributed by atoms with van der Waals surface area (Å²) in [4.78, 5) is 0. The standard InChI is InChI=1S/C10H16N2O4S3.ClH/c1-3-12-8-4-6(2)18(13,14)10-7(8)5-9(17-10)19(11,15)16;/h5-6,8,12H,3-4H2,1-2H3,(H2,11,15,16);1H/t6-,8+;/m1./s1. The zero-order valence-electron chi connectivity index (χ0n) is 11.0. The molecular formula is C10H17ClN2O4S3. The van der Waals surface area contributed by atoms with E-state index < -0.39 is 25.1 Å². The molecule has 20 heavy (non-hydrogen) atoms. The van der Waals surface area contributed by atoms with E-state index in [1.807, 2.05) is 6.92 Å². The third-order valence-electron chi connectivity index (χ3n) is 3.16. The third kappa shape index (κ3) is 3.02. The molecule has 6 nitrogen and oxygen atoms in total. The highest BCUT2D eigenvalue weighted by Crippen LogP contribution is 2.42. The zero-order chi connectivity index (χ0) is 14.4. The Balaban J connectivity index is 0.00000200. The smallest absolute Gasteiger partial charge is 0.247 e. The number of fused-ring (bicyclic) bond motifs is 1. The molecule has 2 heterocycles. The summed E-state index contributed by atoms with van der Waals surface area (Å²) in [6.45, 7) is 4.23. The second-order valence-electron chi connectivity index (χ2n) is 4.55. The third-order valence-corrected chi connectivity index (χ3v) is 8.48. The lowest BCUT2D eigenvalue weighted by atomic mass is 10.1. The van der Waals surface area contributed by atoms with Crippen LogP contribution in [0.25, 0.3) is 0 Å². The highest BCUT2D eigenvalue weighted by molar-refractivity contribution is 7.95. The largest absolute Gasteiger partial charge is 0.310 e. The van der Waals surface area contributed by atoms with Gasteiger partial charge in [0.05, 0.1) is 5.25 Å². The van der Waals surface area contributed by atoms with E-state index in [4.69, 9.17) is 5.14 Å². The lowest BCUT2D eigenvalue weighted by Gasteiger charge is -2.27. The summed E-state index contributed by atoms with van der Waals surface area (Å²) in [6, 6.07) is 1.23. The summed E-state index contributed by atoms with van der Waals surface area (Å²) in [7, 11) is -7.33. The molecule has 3 N–H and O–H groups in total. The first-order valence-electron chi connectivity index (χ1n) is 5.81. The van der Waals surface area contributed by atoms with Gasteiger partial charge in [-0.05, 0) is 26.0 Å². The fourth-order valence-electron chi connectivity index (χ4n) is 2.18. The Kier molecular flexibility index (Phi) is 5.27. The molecule has 1 aliphatic rings. The van der Waals surface area contributed by atoms with E-state index in [1.54, 1.807) is 6.92 Å². The first-order valence-corrected chi connectivity index (χ1v) is 9.72. The molecule has 0 amide bonds. The Morgan fingerprint density at radius 2 is 2.10 bits per heavy atom. The van der Waals surface area contributed by atoms with Crippen molar-refractivity contribution in [3.63, 3.8) is 0 Å². The van der Waals surface area contributed by atoms with Gasteiger partial charge in [-0.25, -0.2) is 22.0 Å². The van der Waals surface area contributed by atoms with Crippen LogP contribution >= 0.6 is 23.7 Å². The maximum absolute atomic E-state index is 12.2. The van der Waals surface area contributed by atoms with Crippen molar-refractivity contribution in [3.05, 3.63) is 11.6 Å². The van der Waals surface area contributed by atoms with Crippen LogP contribution in [0, 0.1) is 0 Å². The first-order chi connectivity index (χ1) is 8.67. The molecule has 2 atom stereocenters. The van der Waals surface area contributed by atoms with Crippen molar-refractivity contribution in [1.29, 1.82) is 0 Å². The van der Waals surface area contributed by atoms with Crippen LogP contribution < -0.4 is 10.5 Å². The number of rotatable bonds is 3. The molecular weight excluding hydrogens is 344 g/mol. The maximum Gasteiger partial charge on any atom is 0.247 e. The van der Waals surface area contributed by atoms with E-state index in [-0.39, 0.29) is 26.9 Å². The second kappa shape index (κ2) is 5.90. The van der Waals surface area contributed by atoms with Crippen LogP contribution in [0.15, 0.2) is 14.5 Å². The molecule has 0 spiro atoms. The molecule has 0 radical (unpaired) electrons. The summed E-state index contributed by atoms with van der Waals surface area (Å²) in [5, 5.41) is 7.73. The summed E-state index contributed by atoms with van der Waals surface area (Å²) in [6.07, 6.45) is 0.434. The molecule has 1 aromatic heterocycles. The van der Waals surface area contributed by atoms with Crippen molar-refractivity contribution < 1.29 is 16.8 Å². The Labute approximate surface area is 129 Å². The minimum absolute atomic E-state index is 0. The molecule has 116 valence electrons. The number of nitrogens with one attached hydrogen (secondary N) is 1. The molecule has 10 heteroatoms. The molecule has 0 bridgehead atoms.